The van der Waals surface area contributed by atoms with Gasteiger partial charge >= 0.3 is 0 Å². The molecule has 2 N–H and O–H groups in total. The first-order chi connectivity index (χ1) is 19.0. The number of hydrogen-bond acceptors (Lipinski definition) is 7. The topological polar surface area (TPSA) is 94.1 Å². The monoisotopic (exact) mass is 555 g/mol. The first kappa shape index (κ1) is 29.8. The molecule has 40 heavy (non-hydrogen) atoms. The highest BCUT2D eigenvalue weighted by atomic mass is 16.7. The van der Waals surface area contributed by atoms with Crippen LogP contribution in [0.1, 0.15) is 79.6 Å². The van der Waals surface area contributed by atoms with E-state index in [1.54, 1.807) is 0 Å². The van der Waals surface area contributed by atoms with Crippen molar-refractivity contribution in [3.05, 3.63) is 36.0 Å². The van der Waals surface area contributed by atoms with Crippen LogP contribution in [0.25, 0.3) is 0 Å². The van der Waals surface area contributed by atoms with Gasteiger partial charge in [-0.1, -0.05) is 71.4 Å². The molecule has 4 fully saturated rings. The summed E-state index contributed by atoms with van der Waals surface area (Å²) in [4.78, 5) is 26.4. The van der Waals surface area contributed by atoms with Gasteiger partial charge in [0.05, 0.1) is 25.4 Å². The summed E-state index contributed by atoms with van der Waals surface area (Å²) < 4.78 is 19.0. The zero-order valence-electron chi connectivity index (χ0n) is 25.0. The smallest absolute Gasteiger partial charge is 0.193 e. The molecule has 7 heteroatoms. The Morgan fingerprint density at radius 1 is 1.30 bits per heavy atom. The maximum Gasteiger partial charge on any atom is 0.193 e. The third-order valence-electron chi connectivity index (χ3n) is 10.8. The fourth-order valence-electron chi connectivity index (χ4n) is 8.95. The second-order valence-corrected chi connectivity index (χ2v) is 13.6. The Morgan fingerprint density at radius 3 is 2.80 bits per heavy atom. The molecule has 0 aromatic rings. The van der Waals surface area contributed by atoms with Crippen LogP contribution in [0.2, 0.25) is 0 Å². The molecule has 9 atom stereocenters. The number of hydrogen-bond donors (Lipinski definition) is 2. The zero-order valence-corrected chi connectivity index (χ0v) is 25.0. The third-order valence-corrected chi connectivity index (χ3v) is 10.8. The molecular formula is C33H49NO6. The molecule has 0 aromatic heterocycles. The Labute approximate surface area is 239 Å². The van der Waals surface area contributed by atoms with Crippen molar-refractivity contribution in [2.45, 2.75) is 110 Å². The molecule has 0 bridgehead atoms. The number of aliphatic hydroxyl groups excluding tert-OH is 1. The van der Waals surface area contributed by atoms with Crippen molar-refractivity contribution in [1.82, 2.24) is 5.32 Å². The molecule has 0 amide bonds. The van der Waals surface area contributed by atoms with Crippen LogP contribution in [0.3, 0.4) is 0 Å². The molecule has 5 aliphatic rings. The number of carbonyl (C=O) groups is 2. The van der Waals surface area contributed by atoms with Crippen LogP contribution in [-0.2, 0) is 23.8 Å². The van der Waals surface area contributed by atoms with E-state index in [0.29, 0.717) is 13.0 Å². The molecule has 0 spiro atoms. The van der Waals surface area contributed by atoms with Gasteiger partial charge < -0.3 is 24.6 Å². The first-order valence-corrected chi connectivity index (χ1v) is 15.4. The van der Waals surface area contributed by atoms with E-state index in [2.05, 4.69) is 50.9 Å². The highest BCUT2D eigenvalue weighted by molar-refractivity contribution is 5.91. The minimum atomic E-state index is -1.15. The van der Waals surface area contributed by atoms with Crippen molar-refractivity contribution < 1.29 is 28.9 Å². The van der Waals surface area contributed by atoms with E-state index >= 15 is 0 Å². The summed E-state index contributed by atoms with van der Waals surface area (Å²) in [6, 6.07) is 0.238. The van der Waals surface area contributed by atoms with Crippen LogP contribution in [0, 0.1) is 28.6 Å². The number of nitrogens with one attached hydrogen (secondary N) is 1. The van der Waals surface area contributed by atoms with Crippen molar-refractivity contribution in [1.29, 1.82) is 0 Å². The standard InChI is InChI=1S/C33H49NO6/c1-7-8-29-39-28-16-25-24-10-9-22-15-21(4)11-13-31(22,5)30(24)26(36)17-32(25,6)33(28,40-29)27(37)19-38-14-12-23(35)18-34-20(2)3/h11,13,15,20,24-26,28-30,34,36H,4,7-10,12,14,16-19H2,1-3,5-6H3/t24-,25-,26-,28+,29?,30+,31-,32-,33+/m0/s1. The fraction of sp³-hybridized carbons (Fsp3) is 0.758. The predicted molar refractivity (Wildman–Crippen MR) is 153 cm³/mol. The molecule has 0 aromatic carbocycles. The van der Waals surface area contributed by atoms with Gasteiger partial charge in [-0.3, -0.25) is 9.59 Å². The van der Waals surface area contributed by atoms with Crippen molar-refractivity contribution in [3.8, 4) is 0 Å². The highest BCUT2D eigenvalue weighted by Crippen LogP contribution is 2.69. The molecule has 3 saturated carbocycles. The quantitative estimate of drug-likeness (QED) is 0.358. The number of ether oxygens (including phenoxy) is 3. The largest absolute Gasteiger partial charge is 0.393 e. The minimum absolute atomic E-state index is 0.0644. The van der Waals surface area contributed by atoms with E-state index < -0.39 is 23.4 Å². The Hall–Kier alpha value is -1.64. The molecule has 5 rings (SSSR count). The second-order valence-electron chi connectivity index (χ2n) is 13.6. The molecule has 1 unspecified atom stereocenters. The van der Waals surface area contributed by atoms with Crippen LogP contribution in [0.15, 0.2) is 36.0 Å². The zero-order chi connectivity index (χ0) is 28.9. The summed E-state index contributed by atoms with van der Waals surface area (Å²) >= 11 is 0. The maximum atomic E-state index is 14.2. The van der Waals surface area contributed by atoms with E-state index in [-0.39, 0.29) is 66.5 Å². The van der Waals surface area contributed by atoms with Gasteiger partial charge in [-0.25, -0.2) is 0 Å². The van der Waals surface area contributed by atoms with Gasteiger partial charge in [0.15, 0.2) is 17.7 Å². The molecular weight excluding hydrogens is 506 g/mol. The van der Waals surface area contributed by atoms with Gasteiger partial charge in [-0.15, -0.1) is 0 Å². The Morgan fingerprint density at radius 2 is 2.08 bits per heavy atom. The lowest BCUT2D eigenvalue weighted by molar-refractivity contribution is -0.201. The molecule has 1 aliphatic heterocycles. The predicted octanol–water partition coefficient (Wildman–Crippen LogP) is 4.69. The van der Waals surface area contributed by atoms with Gasteiger partial charge in [-0.05, 0) is 49.5 Å². The van der Waals surface area contributed by atoms with Gasteiger partial charge in [0.2, 0.25) is 0 Å². The summed E-state index contributed by atoms with van der Waals surface area (Å²) in [6.45, 7) is 15.0. The average Bonchev–Trinajstić information content (AvgIpc) is 3.37. The van der Waals surface area contributed by atoms with E-state index in [1.807, 2.05) is 13.8 Å². The number of carbonyl (C=O) groups excluding carboxylic acids is 2. The SMILES string of the molecule is C=C1C=C[C@@]2(C)C(=C1)CC[C@@H]1[C@@H]2[C@@H](O)C[C@@]2(C)[C@H]1C[C@H]1OC(CCC)O[C@]12C(=O)COCCC(=O)CNC(C)C. The number of ketones is 2. The van der Waals surface area contributed by atoms with Crippen molar-refractivity contribution in [2.24, 2.45) is 28.6 Å². The maximum absolute atomic E-state index is 14.2. The van der Waals surface area contributed by atoms with Crippen LogP contribution in [-0.4, -0.2) is 66.6 Å². The number of fused-ring (bicyclic) bond motifs is 7. The summed E-state index contributed by atoms with van der Waals surface area (Å²) in [5.74, 6) is 0.476. The van der Waals surface area contributed by atoms with Crippen molar-refractivity contribution in [3.63, 3.8) is 0 Å². The van der Waals surface area contributed by atoms with Gasteiger partial charge in [0, 0.05) is 29.2 Å². The third kappa shape index (κ3) is 4.80. The number of allylic oxidation sites excluding steroid dienone is 5. The highest BCUT2D eigenvalue weighted by Gasteiger charge is 2.75. The lowest BCUT2D eigenvalue weighted by atomic mass is 9.46. The van der Waals surface area contributed by atoms with Gasteiger partial charge in [0.1, 0.15) is 12.4 Å². The van der Waals surface area contributed by atoms with E-state index in [4.69, 9.17) is 14.2 Å². The molecule has 0 radical (unpaired) electrons. The van der Waals surface area contributed by atoms with Crippen LogP contribution in [0.4, 0.5) is 0 Å². The summed E-state index contributed by atoms with van der Waals surface area (Å²) in [7, 11) is 0. The van der Waals surface area contributed by atoms with Gasteiger partial charge in [-0.2, -0.15) is 0 Å². The lowest BCUT2D eigenvalue weighted by Crippen LogP contribution is -2.63. The van der Waals surface area contributed by atoms with Gasteiger partial charge in [0.25, 0.3) is 0 Å². The number of aliphatic hydroxyl groups is 1. The van der Waals surface area contributed by atoms with Crippen LogP contribution < -0.4 is 5.32 Å². The molecule has 1 heterocycles. The van der Waals surface area contributed by atoms with Crippen LogP contribution in [0.5, 0.6) is 0 Å². The summed E-state index contributed by atoms with van der Waals surface area (Å²) in [6.07, 6.45) is 10.2. The number of Topliss-reactive ketones (excluding diaryl/α,β-unsaturated/α-hetero) is 2. The normalized spacial score (nSPS) is 41.8. The van der Waals surface area contributed by atoms with E-state index in [1.165, 1.54) is 5.57 Å². The fourth-order valence-corrected chi connectivity index (χ4v) is 8.95. The van der Waals surface area contributed by atoms with E-state index in [0.717, 1.165) is 37.7 Å². The van der Waals surface area contributed by atoms with Crippen molar-refractivity contribution in [2.75, 3.05) is 19.8 Å². The Balaban J connectivity index is 1.37. The minimum Gasteiger partial charge on any atom is -0.393 e. The molecule has 222 valence electrons. The lowest BCUT2D eigenvalue weighted by Gasteiger charge is -2.60. The van der Waals surface area contributed by atoms with E-state index in [9.17, 15) is 14.7 Å². The van der Waals surface area contributed by atoms with Crippen molar-refractivity contribution >= 4 is 11.6 Å². The summed E-state index contributed by atoms with van der Waals surface area (Å²) in [5.41, 5.74) is 0.433. The summed E-state index contributed by atoms with van der Waals surface area (Å²) in [5, 5.41) is 15.0. The second kappa shape index (κ2) is 11.2. The first-order valence-electron chi connectivity index (χ1n) is 15.4. The molecule has 1 saturated heterocycles. The Kier molecular flexibility index (Phi) is 8.37. The molecule has 4 aliphatic carbocycles. The number of rotatable bonds is 11. The Bertz CT molecular complexity index is 1080. The average molecular weight is 556 g/mol. The van der Waals surface area contributed by atoms with Crippen LogP contribution >= 0.6 is 0 Å². The molecule has 7 nitrogen and oxygen atoms in total.